The zero-order valence-corrected chi connectivity index (χ0v) is 11.8. The molecule has 1 fully saturated rings. The molecule has 19 heavy (non-hydrogen) atoms. The minimum atomic E-state index is -0.0229. The van der Waals surface area contributed by atoms with Crippen LogP contribution in [0.4, 0.5) is 4.79 Å². The molecule has 0 saturated heterocycles. The summed E-state index contributed by atoms with van der Waals surface area (Å²) in [5.74, 6) is 1.51. The number of nitrogens with one attached hydrogen (secondary N) is 1. The van der Waals surface area contributed by atoms with Crippen LogP contribution in [-0.2, 0) is 0 Å². The van der Waals surface area contributed by atoms with Crippen molar-refractivity contribution >= 4 is 6.03 Å². The Morgan fingerprint density at radius 2 is 2.16 bits per heavy atom. The van der Waals surface area contributed by atoms with E-state index in [2.05, 4.69) is 5.32 Å². The van der Waals surface area contributed by atoms with Crippen LogP contribution in [0.3, 0.4) is 0 Å². The first-order chi connectivity index (χ1) is 9.13. The van der Waals surface area contributed by atoms with Crippen molar-refractivity contribution in [3.05, 3.63) is 29.8 Å². The second-order valence-corrected chi connectivity index (χ2v) is 5.16. The highest BCUT2D eigenvalue weighted by Crippen LogP contribution is 2.29. The van der Waals surface area contributed by atoms with Crippen molar-refractivity contribution in [2.45, 2.75) is 25.8 Å². The molecule has 1 aliphatic carbocycles. The van der Waals surface area contributed by atoms with Gasteiger partial charge in [0.25, 0.3) is 0 Å². The molecule has 0 heterocycles. The van der Waals surface area contributed by atoms with Gasteiger partial charge in [0.2, 0.25) is 0 Å². The third kappa shape index (κ3) is 3.40. The van der Waals surface area contributed by atoms with E-state index in [0.29, 0.717) is 5.92 Å². The number of amides is 2. The minimum absolute atomic E-state index is 0.0182. The maximum atomic E-state index is 12.1. The normalized spacial score (nSPS) is 15.7. The Balaban J connectivity index is 2.00. The van der Waals surface area contributed by atoms with Crippen LogP contribution in [0.2, 0.25) is 0 Å². The summed E-state index contributed by atoms with van der Waals surface area (Å²) in [6.45, 7) is 2.80. The molecule has 0 aliphatic heterocycles. The van der Waals surface area contributed by atoms with Crippen LogP contribution in [0.5, 0.6) is 5.75 Å². The largest absolute Gasteiger partial charge is 0.496 e. The number of hydrogen-bond donors (Lipinski definition) is 1. The molecule has 1 atom stereocenters. The van der Waals surface area contributed by atoms with Crippen molar-refractivity contribution in [1.82, 2.24) is 10.2 Å². The molecule has 2 rings (SSSR count). The molecule has 0 radical (unpaired) electrons. The Kier molecular flexibility index (Phi) is 4.30. The highest BCUT2D eigenvalue weighted by Gasteiger charge is 2.24. The average Bonchev–Trinajstić information content (AvgIpc) is 3.27. The molecule has 1 N–H and O–H groups in total. The highest BCUT2D eigenvalue weighted by atomic mass is 16.5. The second-order valence-electron chi connectivity index (χ2n) is 5.16. The number of ether oxygens (including phenoxy) is 1. The fraction of sp³-hybridized carbons (Fsp3) is 0.533. The zero-order chi connectivity index (χ0) is 13.8. The van der Waals surface area contributed by atoms with Gasteiger partial charge in [-0.3, -0.25) is 0 Å². The molecular weight excluding hydrogens is 240 g/mol. The highest BCUT2D eigenvalue weighted by molar-refractivity contribution is 5.74. The van der Waals surface area contributed by atoms with Gasteiger partial charge in [-0.25, -0.2) is 4.79 Å². The lowest BCUT2D eigenvalue weighted by Crippen LogP contribution is -2.39. The number of carbonyl (C=O) groups excluding carboxylic acids is 1. The lowest BCUT2D eigenvalue weighted by Gasteiger charge is -2.26. The first kappa shape index (κ1) is 13.7. The first-order valence-electron chi connectivity index (χ1n) is 6.77. The first-order valence-corrected chi connectivity index (χ1v) is 6.77. The number of carbonyl (C=O) groups is 1. The summed E-state index contributed by atoms with van der Waals surface area (Å²) < 4.78 is 5.35. The minimum Gasteiger partial charge on any atom is -0.496 e. The van der Waals surface area contributed by atoms with Crippen LogP contribution in [0.15, 0.2) is 24.3 Å². The van der Waals surface area contributed by atoms with E-state index in [1.165, 1.54) is 12.8 Å². The predicted octanol–water partition coefficient (Wildman–Crippen LogP) is 2.81. The van der Waals surface area contributed by atoms with E-state index in [1.54, 1.807) is 12.0 Å². The summed E-state index contributed by atoms with van der Waals surface area (Å²) in [6, 6.07) is 7.77. The van der Waals surface area contributed by atoms with Gasteiger partial charge < -0.3 is 15.0 Å². The van der Waals surface area contributed by atoms with E-state index in [0.717, 1.165) is 17.9 Å². The van der Waals surface area contributed by atoms with E-state index < -0.39 is 0 Å². The number of para-hydroxylation sites is 1. The number of benzene rings is 1. The Bertz CT molecular complexity index is 444. The summed E-state index contributed by atoms with van der Waals surface area (Å²) in [5.41, 5.74) is 1.02. The summed E-state index contributed by atoms with van der Waals surface area (Å²) in [6.07, 6.45) is 2.48. The average molecular weight is 262 g/mol. The van der Waals surface area contributed by atoms with Crippen LogP contribution < -0.4 is 10.1 Å². The standard InChI is InChI=1S/C15H22N2O2/c1-11(13-6-4-5-7-14(13)19-3)17(2)15(18)16-10-12-8-9-12/h4-7,11-12H,8-10H2,1-3H3,(H,16,18)/t11-/m1/s1. The lowest BCUT2D eigenvalue weighted by molar-refractivity contribution is 0.193. The summed E-state index contributed by atoms with van der Waals surface area (Å²) in [4.78, 5) is 13.8. The van der Waals surface area contributed by atoms with Crippen molar-refractivity contribution in [1.29, 1.82) is 0 Å². The smallest absolute Gasteiger partial charge is 0.317 e. The van der Waals surface area contributed by atoms with Gasteiger partial charge in [-0.2, -0.15) is 0 Å². The molecule has 0 aromatic heterocycles. The molecule has 1 saturated carbocycles. The molecule has 4 nitrogen and oxygen atoms in total. The van der Waals surface area contributed by atoms with Crippen molar-refractivity contribution in [2.75, 3.05) is 20.7 Å². The van der Waals surface area contributed by atoms with Crippen LogP contribution in [0.1, 0.15) is 31.4 Å². The van der Waals surface area contributed by atoms with Crippen LogP contribution in [-0.4, -0.2) is 31.6 Å². The zero-order valence-electron chi connectivity index (χ0n) is 11.8. The molecule has 2 amide bonds. The van der Waals surface area contributed by atoms with Gasteiger partial charge in [0.1, 0.15) is 5.75 Å². The topological polar surface area (TPSA) is 41.6 Å². The van der Waals surface area contributed by atoms with Crippen LogP contribution >= 0.6 is 0 Å². The van der Waals surface area contributed by atoms with Crippen LogP contribution in [0.25, 0.3) is 0 Å². The SMILES string of the molecule is COc1ccccc1[C@@H](C)N(C)C(=O)NCC1CC1. The molecule has 1 aliphatic rings. The van der Waals surface area contributed by atoms with E-state index in [4.69, 9.17) is 4.74 Å². The number of rotatable bonds is 5. The number of methoxy groups -OCH3 is 1. The molecule has 0 spiro atoms. The fourth-order valence-electron chi connectivity index (χ4n) is 2.07. The van der Waals surface area contributed by atoms with Gasteiger partial charge >= 0.3 is 6.03 Å². The molecule has 0 unspecified atom stereocenters. The Hall–Kier alpha value is -1.71. The van der Waals surface area contributed by atoms with E-state index in [1.807, 2.05) is 38.2 Å². The maximum Gasteiger partial charge on any atom is 0.317 e. The molecule has 0 bridgehead atoms. The van der Waals surface area contributed by atoms with Crippen molar-refractivity contribution in [3.63, 3.8) is 0 Å². The van der Waals surface area contributed by atoms with Gasteiger partial charge in [0.05, 0.1) is 13.2 Å². The molecule has 4 heteroatoms. The Morgan fingerprint density at radius 3 is 2.79 bits per heavy atom. The van der Waals surface area contributed by atoms with Gasteiger partial charge in [-0.15, -0.1) is 0 Å². The molecule has 104 valence electrons. The van der Waals surface area contributed by atoms with Crippen LogP contribution in [0, 0.1) is 5.92 Å². The summed E-state index contributed by atoms with van der Waals surface area (Å²) in [5, 5.41) is 2.98. The van der Waals surface area contributed by atoms with Crippen molar-refractivity contribution < 1.29 is 9.53 Å². The predicted molar refractivity (Wildman–Crippen MR) is 75.3 cm³/mol. The Labute approximate surface area is 114 Å². The van der Waals surface area contributed by atoms with E-state index in [9.17, 15) is 4.79 Å². The quantitative estimate of drug-likeness (QED) is 0.886. The number of urea groups is 1. The third-order valence-electron chi connectivity index (χ3n) is 3.73. The molecule has 1 aromatic rings. The summed E-state index contributed by atoms with van der Waals surface area (Å²) in [7, 11) is 3.47. The third-order valence-corrected chi connectivity index (χ3v) is 3.73. The maximum absolute atomic E-state index is 12.1. The van der Waals surface area contributed by atoms with Gasteiger partial charge in [0.15, 0.2) is 0 Å². The van der Waals surface area contributed by atoms with Gasteiger partial charge in [-0.05, 0) is 31.7 Å². The molecule has 1 aromatic carbocycles. The van der Waals surface area contributed by atoms with Gasteiger partial charge in [-0.1, -0.05) is 18.2 Å². The summed E-state index contributed by atoms with van der Waals surface area (Å²) >= 11 is 0. The fourth-order valence-corrected chi connectivity index (χ4v) is 2.07. The van der Waals surface area contributed by atoms with Crippen molar-refractivity contribution in [2.24, 2.45) is 5.92 Å². The monoisotopic (exact) mass is 262 g/mol. The van der Waals surface area contributed by atoms with Crippen molar-refractivity contribution in [3.8, 4) is 5.75 Å². The second kappa shape index (κ2) is 5.95. The van der Waals surface area contributed by atoms with Gasteiger partial charge in [0, 0.05) is 19.2 Å². The number of nitrogens with zero attached hydrogens (tertiary/aromatic N) is 1. The lowest BCUT2D eigenvalue weighted by atomic mass is 10.1. The Morgan fingerprint density at radius 1 is 1.47 bits per heavy atom. The molecular formula is C15H22N2O2. The number of hydrogen-bond acceptors (Lipinski definition) is 2. The van der Waals surface area contributed by atoms with E-state index >= 15 is 0 Å². The van der Waals surface area contributed by atoms with E-state index in [-0.39, 0.29) is 12.1 Å².